The van der Waals surface area contributed by atoms with Crippen LogP contribution in [0, 0.1) is 0 Å². The van der Waals surface area contributed by atoms with Crippen LogP contribution in [0.15, 0.2) is 152 Å². The van der Waals surface area contributed by atoms with Crippen molar-refractivity contribution < 1.29 is 0 Å². The SMILES string of the molecule is C[Si]1(C)c2cc(-c3nc(-c4ccccc4)nc(-c4ccc(-c5ccc6ccccc6c5)cc4)n3)ccc2-c2cc3ccccc3cc21. The van der Waals surface area contributed by atoms with E-state index < -0.39 is 8.07 Å². The molecule has 2 heterocycles. The third-order valence-electron chi connectivity index (χ3n) is 9.69. The fraction of sp³-hybridized carbons (Fsp3) is 0.0465. The second kappa shape index (κ2) is 10.7. The maximum atomic E-state index is 5.10. The molecule has 1 aliphatic heterocycles. The maximum absolute atomic E-state index is 5.10. The summed E-state index contributed by atoms with van der Waals surface area (Å²) in [5, 5.41) is 8.00. The van der Waals surface area contributed by atoms with E-state index in [0.29, 0.717) is 17.5 Å². The van der Waals surface area contributed by atoms with Crippen molar-refractivity contribution in [2.24, 2.45) is 0 Å². The van der Waals surface area contributed by atoms with Crippen LogP contribution in [-0.4, -0.2) is 23.0 Å². The molecule has 0 fully saturated rings. The molecule has 1 aliphatic rings. The lowest BCUT2D eigenvalue weighted by Gasteiger charge is -2.19. The fourth-order valence-corrected chi connectivity index (χ4v) is 10.2. The second-order valence-corrected chi connectivity index (χ2v) is 17.3. The Hall–Kier alpha value is -5.71. The summed E-state index contributed by atoms with van der Waals surface area (Å²) in [6, 6.07) is 54.2. The molecular formula is C43H31N3Si. The van der Waals surface area contributed by atoms with Crippen molar-refractivity contribution in [2.45, 2.75) is 13.1 Å². The van der Waals surface area contributed by atoms with Gasteiger partial charge in [-0.2, -0.15) is 0 Å². The van der Waals surface area contributed by atoms with E-state index in [2.05, 4.69) is 147 Å². The van der Waals surface area contributed by atoms with Gasteiger partial charge in [0, 0.05) is 16.7 Å². The van der Waals surface area contributed by atoms with Crippen LogP contribution in [0.25, 0.3) is 78.0 Å². The fourth-order valence-electron chi connectivity index (χ4n) is 7.09. The second-order valence-electron chi connectivity index (χ2n) is 12.9. The lowest BCUT2D eigenvalue weighted by atomic mass is 10.00. The van der Waals surface area contributed by atoms with Gasteiger partial charge < -0.3 is 0 Å². The number of hydrogen-bond donors (Lipinski definition) is 0. The van der Waals surface area contributed by atoms with Gasteiger partial charge in [-0.1, -0.05) is 153 Å². The van der Waals surface area contributed by atoms with Gasteiger partial charge in [0.05, 0.1) is 0 Å². The van der Waals surface area contributed by atoms with E-state index in [4.69, 9.17) is 15.0 Å². The molecule has 0 saturated carbocycles. The summed E-state index contributed by atoms with van der Waals surface area (Å²) in [5.41, 5.74) is 8.02. The monoisotopic (exact) mass is 617 g/mol. The van der Waals surface area contributed by atoms with Crippen LogP contribution in [0.4, 0.5) is 0 Å². The minimum atomic E-state index is -1.95. The summed E-state index contributed by atoms with van der Waals surface area (Å²) in [6.45, 7) is 4.92. The van der Waals surface area contributed by atoms with Crippen molar-refractivity contribution in [1.29, 1.82) is 0 Å². The third kappa shape index (κ3) is 4.68. The summed E-state index contributed by atoms with van der Waals surface area (Å²) >= 11 is 0. The first-order valence-electron chi connectivity index (χ1n) is 16.1. The topological polar surface area (TPSA) is 38.7 Å². The van der Waals surface area contributed by atoms with Gasteiger partial charge in [0.15, 0.2) is 17.5 Å². The van der Waals surface area contributed by atoms with Crippen molar-refractivity contribution in [3.8, 4) is 56.4 Å². The highest BCUT2D eigenvalue weighted by atomic mass is 28.3. The molecule has 9 rings (SSSR count). The molecule has 7 aromatic carbocycles. The van der Waals surface area contributed by atoms with E-state index >= 15 is 0 Å². The van der Waals surface area contributed by atoms with E-state index in [1.807, 2.05) is 18.2 Å². The van der Waals surface area contributed by atoms with E-state index in [0.717, 1.165) is 22.3 Å². The lowest BCUT2D eigenvalue weighted by Crippen LogP contribution is -2.49. The van der Waals surface area contributed by atoms with Crippen molar-refractivity contribution in [3.63, 3.8) is 0 Å². The molecule has 0 saturated heterocycles. The molecule has 0 amide bonds. The van der Waals surface area contributed by atoms with Crippen molar-refractivity contribution in [3.05, 3.63) is 152 Å². The van der Waals surface area contributed by atoms with E-state index in [-0.39, 0.29) is 0 Å². The Kier molecular flexibility index (Phi) is 6.27. The summed E-state index contributed by atoms with van der Waals surface area (Å²) < 4.78 is 0. The first-order chi connectivity index (χ1) is 23.0. The number of fused-ring (bicyclic) bond motifs is 5. The summed E-state index contributed by atoms with van der Waals surface area (Å²) in [4.78, 5) is 15.2. The van der Waals surface area contributed by atoms with Gasteiger partial charge in [0.25, 0.3) is 0 Å². The molecule has 0 N–H and O–H groups in total. The summed E-state index contributed by atoms with van der Waals surface area (Å²) in [5.74, 6) is 2.04. The molecule has 0 atom stereocenters. The quantitative estimate of drug-likeness (QED) is 0.185. The minimum Gasteiger partial charge on any atom is -0.208 e. The lowest BCUT2D eigenvalue weighted by molar-refractivity contribution is 1.07. The van der Waals surface area contributed by atoms with Gasteiger partial charge >= 0.3 is 0 Å². The van der Waals surface area contributed by atoms with Gasteiger partial charge in [0.2, 0.25) is 0 Å². The molecule has 4 heteroatoms. The van der Waals surface area contributed by atoms with Gasteiger partial charge in [-0.15, -0.1) is 0 Å². The first kappa shape index (κ1) is 27.6. The Morgan fingerprint density at radius 2 is 0.830 bits per heavy atom. The summed E-state index contributed by atoms with van der Waals surface area (Å²) in [7, 11) is -1.95. The predicted octanol–water partition coefficient (Wildman–Crippen LogP) is 9.65. The van der Waals surface area contributed by atoms with E-state index in [1.54, 1.807) is 0 Å². The normalized spacial score (nSPS) is 13.1. The van der Waals surface area contributed by atoms with Crippen LogP contribution >= 0.6 is 0 Å². The number of nitrogens with zero attached hydrogens (tertiary/aromatic N) is 3. The molecule has 3 nitrogen and oxygen atoms in total. The van der Waals surface area contributed by atoms with Crippen LogP contribution in [0.5, 0.6) is 0 Å². The number of hydrogen-bond acceptors (Lipinski definition) is 3. The minimum absolute atomic E-state index is 0.672. The molecule has 1 aromatic heterocycles. The molecule has 0 radical (unpaired) electrons. The molecule has 0 bridgehead atoms. The number of rotatable bonds is 4. The highest BCUT2D eigenvalue weighted by Crippen LogP contribution is 2.34. The molecule has 0 aliphatic carbocycles. The highest BCUT2D eigenvalue weighted by Gasteiger charge is 2.38. The summed E-state index contributed by atoms with van der Waals surface area (Å²) in [6.07, 6.45) is 0. The molecule has 47 heavy (non-hydrogen) atoms. The smallest absolute Gasteiger partial charge is 0.164 e. The van der Waals surface area contributed by atoms with E-state index in [9.17, 15) is 0 Å². The van der Waals surface area contributed by atoms with Crippen molar-refractivity contribution in [2.75, 3.05) is 0 Å². The number of aromatic nitrogens is 3. The Bertz CT molecular complexity index is 2480. The molecular weight excluding hydrogens is 587 g/mol. The van der Waals surface area contributed by atoms with E-state index in [1.165, 1.54) is 48.6 Å². The van der Waals surface area contributed by atoms with Crippen molar-refractivity contribution in [1.82, 2.24) is 15.0 Å². The molecule has 222 valence electrons. The van der Waals surface area contributed by atoms with Crippen LogP contribution < -0.4 is 10.4 Å². The third-order valence-corrected chi connectivity index (χ3v) is 13.2. The average molecular weight is 618 g/mol. The zero-order valence-corrected chi connectivity index (χ0v) is 27.3. The van der Waals surface area contributed by atoms with Crippen LogP contribution in [0.1, 0.15) is 0 Å². The Morgan fingerprint density at radius 1 is 0.340 bits per heavy atom. The molecule has 0 unspecified atom stereocenters. The van der Waals surface area contributed by atoms with Crippen LogP contribution in [0.2, 0.25) is 13.1 Å². The van der Waals surface area contributed by atoms with Gasteiger partial charge in [-0.25, -0.2) is 15.0 Å². The highest BCUT2D eigenvalue weighted by molar-refractivity contribution is 7.04. The first-order valence-corrected chi connectivity index (χ1v) is 19.1. The largest absolute Gasteiger partial charge is 0.208 e. The molecule has 0 spiro atoms. The standard InChI is InChI=1S/C43H31N3Si/c1-47(2)39-27-36(22-23-37(39)38-25-33-14-8-9-15-34(33)26-40(38)47)43-45-41(30-11-4-3-5-12-30)44-42(46-43)31-19-16-29(17-20-31)35-21-18-28-10-6-7-13-32(28)24-35/h3-27H,1-2H3. The zero-order chi connectivity index (χ0) is 31.5. The molecule has 8 aromatic rings. The Labute approximate surface area is 275 Å². The van der Waals surface area contributed by atoms with Crippen LogP contribution in [-0.2, 0) is 0 Å². The van der Waals surface area contributed by atoms with Gasteiger partial charge in [0.1, 0.15) is 8.07 Å². The van der Waals surface area contributed by atoms with Crippen LogP contribution in [0.3, 0.4) is 0 Å². The number of benzene rings is 7. The Morgan fingerprint density at radius 3 is 1.53 bits per heavy atom. The predicted molar refractivity (Wildman–Crippen MR) is 199 cm³/mol. The van der Waals surface area contributed by atoms with Gasteiger partial charge in [-0.3, -0.25) is 0 Å². The van der Waals surface area contributed by atoms with Crippen molar-refractivity contribution >= 4 is 40.0 Å². The maximum Gasteiger partial charge on any atom is 0.164 e. The Balaban J connectivity index is 1.14. The average Bonchev–Trinajstić information content (AvgIpc) is 3.35. The van der Waals surface area contributed by atoms with Gasteiger partial charge in [-0.05, 0) is 66.3 Å². The zero-order valence-electron chi connectivity index (χ0n) is 26.3.